The zero-order chi connectivity index (χ0) is 27.8. The maximum absolute atomic E-state index is 14.3. The Hall–Kier alpha value is -2.72. The summed E-state index contributed by atoms with van der Waals surface area (Å²) in [6, 6.07) is -1.82. The lowest BCUT2D eigenvalue weighted by atomic mass is 9.74. The molecule has 0 aromatic carbocycles. The van der Waals surface area contributed by atoms with E-state index >= 15 is 0 Å². The zero-order valence-electron chi connectivity index (χ0n) is 23.0. The van der Waals surface area contributed by atoms with Crippen molar-refractivity contribution in [3.8, 4) is 0 Å². The molecular formula is C28H41N3O7. The Morgan fingerprint density at radius 1 is 1.13 bits per heavy atom. The van der Waals surface area contributed by atoms with Crippen LogP contribution in [0.25, 0.3) is 0 Å². The number of carbonyl (C=O) groups excluding carboxylic acids is 4. The smallest absolute Gasteiger partial charge is 0.313 e. The third kappa shape index (κ3) is 5.00. The van der Waals surface area contributed by atoms with Crippen LogP contribution in [0.5, 0.6) is 0 Å². The molecule has 210 valence electrons. The Labute approximate surface area is 224 Å². The predicted molar refractivity (Wildman–Crippen MR) is 138 cm³/mol. The molecule has 0 unspecified atom stereocenters. The third-order valence-electron chi connectivity index (χ3n) is 7.98. The van der Waals surface area contributed by atoms with E-state index in [9.17, 15) is 24.3 Å². The van der Waals surface area contributed by atoms with Crippen molar-refractivity contribution >= 4 is 23.7 Å². The zero-order valence-corrected chi connectivity index (χ0v) is 23.0. The summed E-state index contributed by atoms with van der Waals surface area (Å²) in [4.78, 5) is 57.3. The molecule has 3 amide bonds. The van der Waals surface area contributed by atoms with E-state index in [1.54, 1.807) is 24.0 Å². The van der Waals surface area contributed by atoms with Crippen molar-refractivity contribution in [3.63, 3.8) is 0 Å². The first-order chi connectivity index (χ1) is 18.0. The van der Waals surface area contributed by atoms with Gasteiger partial charge in [0.05, 0.1) is 31.2 Å². The van der Waals surface area contributed by atoms with Crippen molar-refractivity contribution in [2.45, 2.75) is 89.8 Å². The van der Waals surface area contributed by atoms with Gasteiger partial charge in [0.25, 0.3) is 0 Å². The normalized spacial score (nSPS) is 35.6. The highest BCUT2D eigenvalue weighted by atomic mass is 16.6. The van der Waals surface area contributed by atoms with Crippen LogP contribution >= 0.6 is 0 Å². The van der Waals surface area contributed by atoms with Gasteiger partial charge in [0.2, 0.25) is 17.7 Å². The number of ether oxygens (including phenoxy) is 2. The third-order valence-corrected chi connectivity index (χ3v) is 7.98. The molecule has 10 heteroatoms. The van der Waals surface area contributed by atoms with Crippen LogP contribution in [0.4, 0.5) is 0 Å². The minimum atomic E-state index is -1.32. The maximum atomic E-state index is 14.3. The molecule has 4 aliphatic heterocycles. The SMILES string of the molecule is CC(C)C[C@H](CO)N1C(=O)[C@@H]2[C@H]3C(=O)O[C@@H](C)CNC(=O)CC/C=C\CN(C(C)C)C(=O)[C@@H]1[C@]21C=C[C@H]3O1. The number of hydrogen-bond acceptors (Lipinski definition) is 7. The summed E-state index contributed by atoms with van der Waals surface area (Å²) in [5.41, 5.74) is -1.32. The van der Waals surface area contributed by atoms with E-state index in [0.717, 1.165) is 0 Å². The number of aliphatic hydroxyl groups excluding tert-OH is 1. The van der Waals surface area contributed by atoms with Gasteiger partial charge in [-0.1, -0.05) is 38.2 Å². The first-order valence-electron chi connectivity index (χ1n) is 13.7. The van der Waals surface area contributed by atoms with Gasteiger partial charge in [0.15, 0.2) is 0 Å². The van der Waals surface area contributed by atoms with Crippen LogP contribution < -0.4 is 5.32 Å². The number of hydrogen-bond donors (Lipinski definition) is 2. The lowest BCUT2D eigenvalue weighted by Gasteiger charge is -2.40. The van der Waals surface area contributed by atoms with Gasteiger partial charge in [-0.2, -0.15) is 0 Å². The highest BCUT2D eigenvalue weighted by Gasteiger charge is 2.74. The maximum Gasteiger partial charge on any atom is 0.313 e. The van der Waals surface area contributed by atoms with Crippen LogP contribution in [-0.4, -0.2) is 94.2 Å². The number of rotatable bonds is 5. The molecule has 4 aliphatic rings. The Bertz CT molecular complexity index is 1010. The van der Waals surface area contributed by atoms with Crippen LogP contribution in [0.2, 0.25) is 0 Å². The fourth-order valence-corrected chi connectivity index (χ4v) is 6.27. The fourth-order valence-electron chi connectivity index (χ4n) is 6.27. The number of nitrogens with one attached hydrogen (secondary N) is 1. The van der Waals surface area contributed by atoms with Gasteiger partial charge in [-0.3, -0.25) is 19.2 Å². The monoisotopic (exact) mass is 531 g/mol. The second-order valence-corrected chi connectivity index (χ2v) is 11.6. The minimum Gasteiger partial charge on any atom is -0.460 e. The van der Waals surface area contributed by atoms with E-state index in [1.807, 2.05) is 39.8 Å². The molecule has 2 saturated heterocycles. The van der Waals surface area contributed by atoms with Crippen LogP contribution in [0.3, 0.4) is 0 Å². The Morgan fingerprint density at radius 3 is 2.53 bits per heavy atom. The summed E-state index contributed by atoms with van der Waals surface area (Å²) in [6.07, 6.45) is 7.20. The molecule has 5 bridgehead atoms. The first-order valence-corrected chi connectivity index (χ1v) is 13.7. The molecule has 0 aromatic rings. The van der Waals surface area contributed by atoms with E-state index in [4.69, 9.17) is 9.47 Å². The van der Waals surface area contributed by atoms with Crippen LogP contribution in [0.1, 0.15) is 53.9 Å². The molecule has 2 N–H and O–H groups in total. The van der Waals surface area contributed by atoms with Crippen molar-refractivity contribution in [1.82, 2.24) is 15.1 Å². The van der Waals surface area contributed by atoms with Crippen molar-refractivity contribution < 1.29 is 33.8 Å². The van der Waals surface area contributed by atoms with Gasteiger partial charge < -0.3 is 29.7 Å². The number of carbonyl (C=O) groups is 4. The summed E-state index contributed by atoms with van der Waals surface area (Å²) in [5, 5.41) is 13.2. The molecular weight excluding hydrogens is 490 g/mol. The molecule has 7 atom stereocenters. The Kier molecular flexibility index (Phi) is 8.32. The minimum absolute atomic E-state index is 0.154. The van der Waals surface area contributed by atoms with Gasteiger partial charge in [0.1, 0.15) is 23.7 Å². The predicted octanol–water partition coefficient (Wildman–Crippen LogP) is 1.18. The van der Waals surface area contributed by atoms with E-state index in [0.29, 0.717) is 19.4 Å². The average Bonchev–Trinajstić information content (AvgIpc) is 3.49. The van der Waals surface area contributed by atoms with Crippen LogP contribution in [0.15, 0.2) is 24.3 Å². The topological polar surface area (TPSA) is 125 Å². The quantitative estimate of drug-likeness (QED) is 0.403. The summed E-state index contributed by atoms with van der Waals surface area (Å²) < 4.78 is 12.1. The molecule has 10 nitrogen and oxygen atoms in total. The number of amides is 3. The molecule has 0 aliphatic carbocycles. The van der Waals surface area contributed by atoms with Crippen LogP contribution in [0, 0.1) is 17.8 Å². The number of allylic oxidation sites excluding steroid dienone is 1. The van der Waals surface area contributed by atoms with Gasteiger partial charge >= 0.3 is 5.97 Å². The second kappa shape index (κ2) is 11.2. The van der Waals surface area contributed by atoms with Crippen molar-refractivity contribution in [3.05, 3.63) is 24.3 Å². The molecule has 1 spiro atoms. The Balaban J connectivity index is 1.80. The van der Waals surface area contributed by atoms with Gasteiger partial charge in [-0.15, -0.1) is 0 Å². The lowest BCUT2D eigenvalue weighted by Crippen LogP contribution is -2.59. The van der Waals surface area contributed by atoms with Crippen molar-refractivity contribution in [2.24, 2.45) is 17.8 Å². The number of fused-ring (bicyclic) bond motifs is 2. The van der Waals surface area contributed by atoms with E-state index in [-0.39, 0.29) is 49.3 Å². The second-order valence-electron chi connectivity index (χ2n) is 11.6. The lowest BCUT2D eigenvalue weighted by molar-refractivity contribution is -0.159. The fraction of sp³-hybridized carbons (Fsp3) is 0.714. The number of esters is 1. The highest BCUT2D eigenvalue weighted by molar-refractivity contribution is 5.99. The van der Waals surface area contributed by atoms with Crippen molar-refractivity contribution in [1.29, 1.82) is 0 Å². The number of cyclic esters (lactones) is 1. The van der Waals surface area contributed by atoms with Gasteiger partial charge in [-0.25, -0.2) is 0 Å². The van der Waals surface area contributed by atoms with Crippen molar-refractivity contribution in [2.75, 3.05) is 19.7 Å². The van der Waals surface area contributed by atoms with E-state index < -0.39 is 47.7 Å². The summed E-state index contributed by atoms with van der Waals surface area (Å²) >= 11 is 0. The largest absolute Gasteiger partial charge is 0.460 e. The summed E-state index contributed by atoms with van der Waals surface area (Å²) in [7, 11) is 0. The number of likely N-dealkylation sites (tertiary alicyclic amines) is 1. The molecule has 4 rings (SSSR count). The van der Waals surface area contributed by atoms with E-state index in [2.05, 4.69) is 5.32 Å². The summed E-state index contributed by atoms with van der Waals surface area (Å²) in [5.74, 6) is -3.13. The van der Waals surface area contributed by atoms with E-state index in [1.165, 1.54) is 4.90 Å². The highest BCUT2D eigenvalue weighted by Crippen LogP contribution is 2.56. The van der Waals surface area contributed by atoms with Gasteiger partial charge in [-0.05, 0) is 39.5 Å². The molecule has 38 heavy (non-hydrogen) atoms. The average molecular weight is 532 g/mol. The number of nitrogens with zero attached hydrogens (tertiary/aromatic N) is 2. The first kappa shape index (κ1) is 28.3. The molecule has 4 heterocycles. The molecule has 2 fully saturated rings. The molecule has 0 aromatic heterocycles. The number of aliphatic hydroxyl groups is 1. The molecule has 0 radical (unpaired) electrons. The Morgan fingerprint density at radius 2 is 1.87 bits per heavy atom. The standard InChI is InChI=1S/C28H41N3O7/c1-16(2)13-19(15-32)31-24-26(35)30(17(3)4)12-8-6-7-9-21(33)29-14-18(5)37-27(36)22-20-10-11-28(24,38-20)23(22)25(31)34/h6,8,10-11,16-20,22-24,32H,7,9,12-15H2,1-5H3,(H,29,33)/b8-6-/t18-,19+,20+,22-,23-,24+,28-/m0/s1. The molecule has 0 saturated carbocycles. The van der Waals surface area contributed by atoms with Gasteiger partial charge in [0, 0.05) is 19.0 Å². The van der Waals surface area contributed by atoms with Crippen LogP contribution in [-0.2, 0) is 28.7 Å². The summed E-state index contributed by atoms with van der Waals surface area (Å²) in [6.45, 7) is 9.62.